The van der Waals surface area contributed by atoms with E-state index in [-0.39, 0.29) is 5.54 Å². The second kappa shape index (κ2) is 6.58. The van der Waals surface area contributed by atoms with Gasteiger partial charge in [0, 0.05) is 28.3 Å². The van der Waals surface area contributed by atoms with Crippen molar-refractivity contribution in [1.29, 1.82) is 0 Å². The largest absolute Gasteiger partial charge is 0.439 e. The minimum Gasteiger partial charge on any atom is -0.439 e. The quantitative estimate of drug-likeness (QED) is 0.858. The standard InChI is InChI=1S/C17H21BrN2O/c1-12-5-7-15(8-6-12)21-16-13(9-14(18)11-19-16)10-20-17(2,3)4/h5-9,11,20H,10H2,1-4H3. The van der Waals surface area contributed by atoms with Gasteiger partial charge in [0.2, 0.25) is 5.88 Å². The lowest BCUT2D eigenvalue weighted by Gasteiger charge is -2.21. The van der Waals surface area contributed by atoms with Crippen molar-refractivity contribution in [3.8, 4) is 11.6 Å². The SMILES string of the molecule is Cc1ccc(Oc2ncc(Br)cc2CNC(C)(C)C)cc1. The van der Waals surface area contributed by atoms with Gasteiger partial charge < -0.3 is 10.1 Å². The lowest BCUT2D eigenvalue weighted by Crippen LogP contribution is -2.35. The molecule has 1 N–H and O–H groups in total. The molecule has 0 bridgehead atoms. The highest BCUT2D eigenvalue weighted by Crippen LogP contribution is 2.26. The van der Waals surface area contributed by atoms with E-state index < -0.39 is 0 Å². The minimum atomic E-state index is 0.0451. The normalized spacial score (nSPS) is 11.5. The fourth-order valence-corrected chi connectivity index (χ4v) is 2.14. The van der Waals surface area contributed by atoms with Gasteiger partial charge in [0.25, 0.3) is 0 Å². The summed E-state index contributed by atoms with van der Waals surface area (Å²) in [5.74, 6) is 1.44. The topological polar surface area (TPSA) is 34.1 Å². The Kier molecular flexibility index (Phi) is 5.01. The molecule has 0 aliphatic carbocycles. The molecule has 0 spiro atoms. The van der Waals surface area contributed by atoms with Crippen molar-refractivity contribution in [3.63, 3.8) is 0 Å². The maximum absolute atomic E-state index is 5.91. The van der Waals surface area contributed by atoms with Crippen molar-refractivity contribution >= 4 is 15.9 Å². The number of aromatic nitrogens is 1. The van der Waals surface area contributed by atoms with Crippen LogP contribution in [0.2, 0.25) is 0 Å². The van der Waals surface area contributed by atoms with E-state index in [1.807, 2.05) is 30.3 Å². The first kappa shape index (κ1) is 16.0. The molecule has 1 aromatic heterocycles. The Morgan fingerprint density at radius 3 is 2.48 bits per heavy atom. The fourth-order valence-electron chi connectivity index (χ4n) is 1.77. The summed E-state index contributed by atoms with van der Waals surface area (Å²) in [5, 5.41) is 3.46. The Hall–Kier alpha value is -1.39. The molecule has 112 valence electrons. The summed E-state index contributed by atoms with van der Waals surface area (Å²) in [4.78, 5) is 4.39. The average molecular weight is 349 g/mol. The van der Waals surface area contributed by atoms with Crippen LogP contribution in [0.4, 0.5) is 0 Å². The zero-order chi connectivity index (χ0) is 15.5. The average Bonchev–Trinajstić information content (AvgIpc) is 2.40. The predicted molar refractivity (Wildman–Crippen MR) is 89.8 cm³/mol. The molecule has 0 saturated heterocycles. The highest BCUT2D eigenvalue weighted by Gasteiger charge is 2.13. The van der Waals surface area contributed by atoms with Gasteiger partial charge in [-0.3, -0.25) is 0 Å². The number of halogens is 1. The number of nitrogens with one attached hydrogen (secondary N) is 1. The van der Waals surface area contributed by atoms with Crippen molar-refractivity contribution in [2.24, 2.45) is 0 Å². The van der Waals surface area contributed by atoms with E-state index in [4.69, 9.17) is 4.74 Å². The number of benzene rings is 1. The third-order valence-corrected chi connectivity index (χ3v) is 3.37. The van der Waals surface area contributed by atoms with Gasteiger partial charge in [-0.15, -0.1) is 0 Å². The monoisotopic (exact) mass is 348 g/mol. The molecule has 0 aliphatic heterocycles. The number of aryl methyl sites for hydroxylation is 1. The number of pyridine rings is 1. The molecular weight excluding hydrogens is 328 g/mol. The third kappa shape index (κ3) is 5.14. The molecule has 2 rings (SSSR count). The highest BCUT2D eigenvalue weighted by molar-refractivity contribution is 9.10. The predicted octanol–water partition coefficient (Wildman–Crippen LogP) is 4.83. The van der Waals surface area contributed by atoms with Crippen LogP contribution in [-0.4, -0.2) is 10.5 Å². The third-order valence-electron chi connectivity index (χ3n) is 2.94. The summed E-state index contributed by atoms with van der Waals surface area (Å²) >= 11 is 3.47. The summed E-state index contributed by atoms with van der Waals surface area (Å²) in [6.07, 6.45) is 1.75. The van der Waals surface area contributed by atoms with Gasteiger partial charge in [0.05, 0.1) is 0 Å². The molecule has 0 aliphatic rings. The maximum atomic E-state index is 5.91. The molecule has 0 atom stereocenters. The van der Waals surface area contributed by atoms with Crippen LogP contribution in [-0.2, 0) is 6.54 Å². The van der Waals surface area contributed by atoms with E-state index in [2.05, 4.69) is 53.9 Å². The second-order valence-electron chi connectivity index (χ2n) is 6.14. The Labute approximate surface area is 134 Å². The zero-order valence-corrected chi connectivity index (χ0v) is 14.5. The van der Waals surface area contributed by atoms with Gasteiger partial charge in [0.15, 0.2) is 0 Å². The number of hydrogen-bond acceptors (Lipinski definition) is 3. The molecule has 1 heterocycles. The number of nitrogens with zero attached hydrogens (tertiary/aromatic N) is 1. The summed E-state index contributed by atoms with van der Waals surface area (Å²) in [5.41, 5.74) is 2.28. The van der Waals surface area contributed by atoms with Crippen molar-refractivity contribution in [3.05, 3.63) is 52.1 Å². The number of ether oxygens (including phenoxy) is 1. The van der Waals surface area contributed by atoms with Crippen LogP contribution in [0.5, 0.6) is 11.6 Å². The lowest BCUT2D eigenvalue weighted by molar-refractivity contribution is 0.409. The molecule has 21 heavy (non-hydrogen) atoms. The Balaban J connectivity index is 2.20. The number of rotatable bonds is 4. The molecule has 3 nitrogen and oxygen atoms in total. The zero-order valence-electron chi connectivity index (χ0n) is 12.9. The molecule has 0 radical (unpaired) electrons. The summed E-state index contributed by atoms with van der Waals surface area (Å²) in [7, 11) is 0. The van der Waals surface area contributed by atoms with Crippen LogP contribution in [0.1, 0.15) is 31.9 Å². The van der Waals surface area contributed by atoms with E-state index in [9.17, 15) is 0 Å². The fraction of sp³-hybridized carbons (Fsp3) is 0.353. The van der Waals surface area contributed by atoms with Gasteiger partial charge in [-0.05, 0) is 61.8 Å². The molecule has 0 unspecified atom stereocenters. The van der Waals surface area contributed by atoms with E-state index in [0.29, 0.717) is 12.4 Å². The van der Waals surface area contributed by atoms with Crippen molar-refractivity contribution < 1.29 is 4.74 Å². The van der Waals surface area contributed by atoms with Crippen LogP contribution in [0.3, 0.4) is 0 Å². The Bertz CT molecular complexity index is 603. The van der Waals surface area contributed by atoms with Crippen LogP contribution in [0.25, 0.3) is 0 Å². The first-order valence-corrected chi connectivity index (χ1v) is 7.77. The molecule has 4 heteroatoms. The molecular formula is C17H21BrN2O. The Morgan fingerprint density at radius 1 is 1.19 bits per heavy atom. The van der Waals surface area contributed by atoms with Gasteiger partial charge in [0.1, 0.15) is 5.75 Å². The minimum absolute atomic E-state index is 0.0451. The molecule has 0 saturated carbocycles. The van der Waals surface area contributed by atoms with Gasteiger partial charge in [-0.25, -0.2) is 4.98 Å². The first-order valence-electron chi connectivity index (χ1n) is 6.97. The van der Waals surface area contributed by atoms with Gasteiger partial charge in [-0.2, -0.15) is 0 Å². The second-order valence-corrected chi connectivity index (χ2v) is 7.05. The van der Waals surface area contributed by atoms with E-state index in [1.54, 1.807) is 6.20 Å². The highest BCUT2D eigenvalue weighted by atomic mass is 79.9. The van der Waals surface area contributed by atoms with Crippen molar-refractivity contribution in [2.45, 2.75) is 39.8 Å². The molecule has 1 aromatic carbocycles. The molecule has 0 amide bonds. The van der Waals surface area contributed by atoms with Crippen LogP contribution < -0.4 is 10.1 Å². The van der Waals surface area contributed by atoms with Gasteiger partial charge in [-0.1, -0.05) is 17.7 Å². The summed E-state index contributed by atoms with van der Waals surface area (Å²) < 4.78 is 6.86. The smallest absolute Gasteiger partial charge is 0.223 e. The summed E-state index contributed by atoms with van der Waals surface area (Å²) in [6.45, 7) is 9.17. The summed E-state index contributed by atoms with van der Waals surface area (Å²) in [6, 6.07) is 10.0. The maximum Gasteiger partial charge on any atom is 0.223 e. The Morgan fingerprint density at radius 2 is 1.86 bits per heavy atom. The van der Waals surface area contributed by atoms with Crippen LogP contribution in [0.15, 0.2) is 41.0 Å². The van der Waals surface area contributed by atoms with Crippen molar-refractivity contribution in [1.82, 2.24) is 10.3 Å². The lowest BCUT2D eigenvalue weighted by atomic mass is 10.1. The van der Waals surface area contributed by atoms with Crippen LogP contribution in [0, 0.1) is 6.92 Å². The number of hydrogen-bond donors (Lipinski definition) is 1. The first-order chi connectivity index (χ1) is 9.83. The van der Waals surface area contributed by atoms with E-state index >= 15 is 0 Å². The molecule has 0 fully saturated rings. The van der Waals surface area contributed by atoms with Crippen LogP contribution >= 0.6 is 15.9 Å². The molecule has 2 aromatic rings. The van der Waals surface area contributed by atoms with Crippen molar-refractivity contribution in [2.75, 3.05) is 0 Å². The van der Waals surface area contributed by atoms with E-state index in [0.717, 1.165) is 15.8 Å². The van der Waals surface area contributed by atoms with Gasteiger partial charge >= 0.3 is 0 Å². The van der Waals surface area contributed by atoms with E-state index in [1.165, 1.54) is 5.56 Å².